The van der Waals surface area contributed by atoms with Gasteiger partial charge in [0.2, 0.25) is 0 Å². The Labute approximate surface area is 262 Å². The molecule has 0 heterocycles. The van der Waals surface area contributed by atoms with Gasteiger partial charge in [-0.3, -0.25) is 0 Å². The van der Waals surface area contributed by atoms with Gasteiger partial charge in [-0.2, -0.15) is 0 Å². The van der Waals surface area contributed by atoms with E-state index < -0.39 is 0 Å². The van der Waals surface area contributed by atoms with Crippen LogP contribution in [0.2, 0.25) is 0 Å². The Morgan fingerprint density at radius 2 is 0.872 bits per heavy atom. The smallest absolute Gasteiger partial charge is 0.160 e. The summed E-state index contributed by atoms with van der Waals surface area (Å²) < 4.78 is 19.4. The van der Waals surface area contributed by atoms with Crippen LogP contribution in [0, 0.1) is 11.8 Å². The van der Waals surface area contributed by atoms with Crippen LogP contribution in [-0.4, -0.2) is 35.4 Å². The van der Waals surface area contributed by atoms with Crippen LogP contribution in [0.1, 0.15) is 170 Å². The Hall–Kier alpha value is 0.840. The first kappa shape index (κ1) is 39.8. The Morgan fingerprint density at radius 1 is 0.462 bits per heavy atom. The van der Waals surface area contributed by atoms with E-state index in [1.165, 1.54) is 103 Å². The monoisotopic (exact) mass is 682 g/mol. The van der Waals surface area contributed by atoms with E-state index in [4.69, 9.17) is 14.2 Å². The molecule has 0 aromatic carbocycles. The molecular weight excluding hydrogens is 616 g/mol. The molecule has 6 atom stereocenters. The first-order valence-corrected chi connectivity index (χ1v) is 18.9. The van der Waals surface area contributed by atoms with E-state index >= 15 is 0 Å². The lowest BCUT2D eigenvalue weighted by Crippen LogP contribution is -2.28. The minimum Gasteiger partial charge on any atom is -0.353 e. The molecule has 39 heavy (non-hydrogen) atoms. The number of hydrogen-bond donors (Lipinski definition) is 0. The Bertz CT molecular complexity index is 451. The van der Waals surface area contributed by atoms with Crippen LogP contribution in [-0.2, 0) is 14.2 Å². The van der Waals surface area contributed by atoms with Crippen LogP contribution in [0.4, 0.5) is 0 Å². The van der Waals surface area contributed by atoms with E-state index in [0.29, 0.717) is 9.65 Å². The lowest BCUT2D eigenvalue weighted by Gasteiger charge is -2.26. The summed E-state index contributed by atoms with van der Waals surface area (Å²) in [6.45, 7) is 15.4. The van der Waals surface area contributed by atoms with Gasteiger partial charge < -0.3 is 14.2 Å². The standard InChI is InChI=1S/C34H68Br2O3/c1-7-19-29(5)21-17-25-33(37-27-15-11-13-23-31(35)9-3)39-34(26-18-22-30(6)20-8-2)38-28-16-12-14-24-32(36)10-4/h29-34H,7-28H2,1-6H3. The predicted molar refractivity (Wildman–Crippen MR) is 179 cm³/mol. The number of halogens is 2. The average Bonchev–Trinajstić information content (AvgIpc) is 2.91. The molecule has 0 amide bonds. The molecule has 0 spiro atoms. The quantitative estimate of drug-likeness (QED) is 0.0428. The first-order chi connectivity index (χ1) is 18.9. The molecule has 0 radical (unpaired) electrons. The van der Waals surface area contributed by atoms with Crippen molar-refractivity contribution in [2.75, 3.05) is 13.2 Å². The maximum absolute atomic E-state index is 6.60. The van der Waals surface area contributed by atoms with Crippen molar-refractivity contribution in [1.29, 1.82) is 0 Å². The maximum Gasteiger partial charge on any atom is 0.160 e. The molecule has 0 aromatic rings. The molecule has 0 aliphatic heterocycles. The van der Waals surface area contributed by atoms with E-state index in [-0.39, 0.29) is 12.6 Å². The highest BCUT2D eigenvalue weighted by atomic mass is 79.9. The highest BCUT2D eigenvalue weighted by Crippen LogP contribution is 2.22. The normalized spacial score (nSPS) is 16.6. The number of rotatable bonds is 30. The number of alkyl halides is 2. The van der Waals surface area contributed by atoms with Crippen LogP contribution in [0.3, 0.4) is 0 Å². The summed E-state index contributed by atoms with van der Waals surface area (Å²) in [7, 11) is 0. The molecule has 236 valence electrons. The fraction of sp³-hybridized carbons (Fsp3) is 1.00. The minimum atomic E-state index is -0.143. The Morgan fingerprint density at radius 3 is 1.23 bits per heavy atom. The van der Waals surface area contributed by atoms with E-state index in [0.717, 1.165) is 50.7 Å². The predicted octanol–water partition coefficient (Wildman–Crippen LogP) is 12.4. The van der Waals surface area contributed by atoms with Crippen LogP contribution in [0.25, 0.3) is 0 Å². The lowest BCUT2D eigenvalue weighted by molar-refractivity contribution is -0.250. The van der Waals surface area contributed by atoms with Crippen molar-refractivity contribution in [2.24, 2.45) is 11.8 Å². The van der Waals surface area contributed by atoms with Crippen molar-refractivity contribution in [3.63, 3.8) is 0 Å². The average molecular weight is 685 g/mol. The SMILES string of the molecule is CCCC(C)CCCC(OCCCCCC(Br)CC)OC(CCCC(C)CCC)OCCCCCC(Br)CC. The summed E-state index contributed by atoms with van der Waals surface area (Å²) in [5.41, 5.74) is 0. The zero-order valence-electron chi connectivity index (χ0n) is 27.0. The summed E-state index contributed by atoms with van der Waals surface area (Å²) in [4.78, 5) is 1.32. The van der Waals surface area contributed by atoms with Crippen LogP contribution in [0.15, 0.2) is 0 Å². The molecule has 0 saturated carbocycles. The van der Waals surface area contributed by atoms with Gasteiger partial charge in [-0.1, -0.05) is 138 Å². The molecule has 5 heteroatoms. The van der Waals surface area contributed by atoms with Gasteiger partial charge in [-0.25, -0.2) is 0 Å². The molecule has 0 bridgehead atoms. The Kier molecular flexibility index (Phi) is 29.6. The van der Waals surface area contributed by atoms with Gasteiger partial charge in [0.05, 0.1) is 0 Å². The summed E-state index contributed by atoms with van der Waals surface area (Å²) in [6.07, 6.45) is 23.8. The second-order valence-corrected chi connectivity index (χ2v) is 14.7. The molecule has 0 saturated heterocycles. The minimum absolute atomic E-state index is 0.143. The van der Waals surface area contributed by atoms with Crippen LogP contribution in [0.5, 0.6) is 0 Å². The van der Waals surface area contributed by atoms with Crippen molar-refractivity contribution in [3.8, 4) is 0 Å². The van der Waals surface area contributed by atoms with Gasteiger partial charge in [0.1, 0.15) is 0 Å². The zero-order valence-corrected chi connectivity index (χ0v) is 30.2. The fourth-order valence-electron chi connectivity index (χ4n) is 5.22. The second kappa shape index (κ2) is 28.9. The third-order valence-electron chi connectivity index (χ3n) is 7.96. The molecule has 0 N–H and O–H groups in total. The molecule has 0 aliphatic carbocycles. The third-order valence-corrected chi connectivity index (χ3v) is 10.2. The van der Waals surface area contributed by atoms with E-state index in [2.05, 4.69) is 73.4 Å². The van der Waals surface area contributed by atoms with Crippen LogP contribution < -0.4 is 0 Å². The van der Waals surface area contributed by atoms with Gasteiger partial charge in [-0.05, 0) is 76.0 Å². The summed E-state index contributed by atoms with van der Waals surface area (Å²) in [5.74, 6) is 1.57. The van der Waals surface area contributed by atoms with Crippen molar-refractivity contribution >= 4 is 31.9 Å². The van der Waals surface area contributed by atoms with E-state index in [9.17, 15) is 0 Å². The molecule has 6 unspecified atom stereocenters. The largest absolute Gasteiger partial charge is 0.353 e. The Balaban J connectivity index is 4.84. The molecule has 0 aliphatic rings. The lowest BCUT2D eigenvalue weighted by atomic mass is 9.99. The second-order valence-electron chi connectivity index (χ2n) is 12.1. The number of hydrogen-bond acceptors (Lipinski definition) is 3. The highest BCUT2D eigenvalue weighted by molar-refractivity contribution is 9.09. The fourth-order valence-corrected chi connectivity index (χ4v) is 5.87. The van der Waals surface area contributed by atoms with Crippen LogP contribution >= 0.6 is 31.9 Å². The van der Waals surface area contributed by atoms with Gasteiger partial charge in [0.15, 0.2) is 12.6 Å². The van der Waals surface area contributed by atoms with Crippen molar-refractivity contribution in [1.82, 2.24) is 0 Å². The van der Waals surface area contributed by atoms with Gasteiger partial charge in [0.25, 0.3) is 0 Å². The van der Waals surface area contributed by atoms with Crippen molar-refractivity contribution < 1.29 is 14.2 Å². The van der Waals surface area contributed by atoms with E-state index in [1.54, 1.807) is 0 Å². The summed E-state index contributed by atoms with van der Waals surface area (Å²) in [5, 5.41) is 0. The third kappa shape index (κ3) is 26.2. The molecular formula is C34H68Br2O3. The number of ether oxygens (including phenoxy) is 3. The zero-order chi connectivity index (χ0) is 29.1. The first-order valence-electron chi connectivity index (χ1n) is 17.0. The molecule has 0 aromatic heterocycles. The van der Waals surface area contributed by atoms with E-state index in [1.807, 2.05) is 0 Å². The van der Waals surface area contributed by atoms with Crippen molar-refractivity contribution in [3.05, 3.63) is 0 Å². The molecule has 0 fully saturated rings. The molecule has 3 nitrogen and oxygen atoms in total. The topological polar surface area (TPSA) is 27.7 Å². The summed E-state index contributed by atoms with van der Waals surface area (Å²) >= 11 is 7.52. The summed E-state index contributed by atoms with van der Waals surface area (Å²) in [6, 6.07) is 0. The van der Waals surface area contributed by atoms with Gasteiger partial charge >= 0.3 is 0 Å². The van der Waals surface area contributed by atoms with Gasteiger partial charge in [0, 0.05) is 22.9 Å². The van der Waals surface area contributed by atoms with Crippen molar-refractivity contribution in [2.45, 2.75) is 192 Å². The number of unbranched alkanes of at least 4 members (excludes halogenated alkanes) is 4. The maximum atomic E-state index is 6.60. The highest BCUT2D eigenvalue weighted by Gasteiger charge is 2.19. The molecule has 0 rings (SSSR count). The van der Waals surface area contributed by atoms with Gasteiger partial charge in [-0.15, -0.1) is 0 Å².